The average molecular weight is 1120 g/mol. The smallest absolute Gasteiger partial charge is 0.321 e. The molecule has 7 rings (SSSR count). The lowest BCUT2D eigenvalue weighted by Crippen LogP contribution is -2.63. The monoisotopic (exact) mass is 1120 g/mol. The van der Waals surface area contributed by atoms with Crippen LogP contribution in [0.15, 0.2) is 94.7 Å². The number of rotatable bonds is 19. The van der Waals surface area contributed by atoms with Crippen molar-refractivity contribution in [2.24, 2.45) is 10.8 Å². The first-order chi connectivity index (χ1) is 36.9. The number of nitrogen functional groups attached to an aromatic ring is 1. The molecule has 3 aliphatic rings. The van der Waals surface area contributed by atoms with Crippen LogP contribution in [0.1, 0.15) is 139 Å². The van der Waals surface area contributed by atoms with Crippen LogP contribution in [0.2, 0.25) is 0 Å². The van der Waals surface area contributed by atoms with Gasteiger partial charge in [-0.25, -0.2) is 21.6 Å². The fourth-order valence-corrected chi connectivity index (χ4v) is 16.2. The van der Waals surface area contributed by atoms with Crippen LogP contribution in [0, 0.1) is 10.8 Å². The van der Waals surface area contributed by atoms with Gasteiger partial charge in [-0.3, -0.25) is 0 Å². The number of hydrogen-bond donors (Lipinski definition) is 9. The summed E-state index contributed by atoms with van der Waals surface area (Å²) in [5.41, 5.74) is 9.82. The van der Waals surface area contributed by atoms with Gasteiger partial charge in [-0.15, -0.1) is 0 Å². The predicted molar refractivity (Wildman–Crippen MR) is 308 cm³/mol. The summed E-state index contributed by atoms with van der Waals surface area (Å²) in [4.78, 5) is 17.4. The number of nitrogens with one attached hydrogen (secondary N) is 2. The number of benzene rings is 4. The first kappa shape index (κ1) is 62.4. The van der Waals surface area contributed by atoms with E-state index < -0.39 is 97.8 Å². The van der Waals surface area contributed by atoms with Crippen molar-refractivity contribution in [2.45, 2.75) is 169 Å². The number of aliphatic hydroxyl groups excluding tert-OH is 6. The molecule has 0 saturated carbocycles. The van der Waals surface area contributed by atoms with E-state index in [1.807, 2.05) is 100 Å². The van der Waals surface area contributed by atoms with E-state index in [4.69, 9.17) is 10.5 Å². The molecule has 1 fully saturated rings. The van der Waals surface area contributed by atoms with E-state index in [0.717, 1.165) is 68.3 Å². The zero-order valence-corrected chi connectivity index (χ0v) is 48.4. The van der Waals surface area contributed by atoms with E-state index in [9.17, 15) is 52.3 Å². The predicted octanol–water partition coefficient (Wildman–Crippen LogP) is 7.30. The minimum absolute atomic E-state index is 0.0196. The molecule has 0 radical (unpaired) electrons. The molecule has 17 nitrogen and oxygen atoms in total. The molecule has 0 aromatic heterocycles. The van der Waals surface area contributed by atoms with Crippen molar-refractivity contribution in [3.8, 4) is 0 Å². The Labute approximate surface area is 463 Å². The van der Waals surface area contributed by atoms with Crippen LogP contribution in [0.3, 0.4) is 0 Å². The molecule has 78 heavy (non-hydrogen) atoms. The zero-order chi connectivity index (χ0) is 57.3. The van der Waals surface area contributed by atoms with Crippen molar-refractivity contribution < 1.29 is 57.0 Å². The number of aliphatic hydroxyl groups is 6. The number of hydrogen-bond acceptors (Lipinski definition) is 15. The van der Waals surface area contributed by atoms with Crippen LogP contribution in [0.5, 0.6) is 0 Å². The van der Waals surface area contributed by atoms with Gasteiger partial charge in [0.05, 0.1) is 40.1 Å². The number of urea groups is 1. The molecular formula is C59H87N5O12S2. The molecule has 1 saturated heterocycles. The topological polar surface area (TPSA) is 273 Å². The summed E-state index contributed by atoms with van der Waals surface area (Å²) in [7, 11) is 0.238. The summed E-state index contributed by atoms with van der Waals surface area (Å²) in [5, 5.41) is 69.5. The molecule has 9 atom stereocenters. The largest absolute Gasteiger partial charge is 0.399 e. The minimum Gasteiger partial charge on any atom is -0.399 e. The van der Waals surface area contributed by atoms with Gasteiger partial charge < -0.3 is 61.5 Å². The van der Waals surface area contributed by atoms with Gasteiger partial charge in [-0.1, -0.05) is 103 Å². The highest BCUT2D eigenvalue weighted by atomic mass is 32.2. The van der Waals surface area contributed by atoms with Crippen LogP contribution in [-0.2, 0) is 24.4 Å². The van der Waals surface area contributed by atoms with Crippen molar-refractivity contribution in [3.05, 3.63) is 107 Å². The summed E-state index contributed by atoms with van der Waals surface area (Å²) in [6.07, 6.45) is 0.0772. The molecule has 19 heteroatoms. The van der Waals surface area contributed by atoms with E-state index in [1.165, 1.54) is 0 Å². The van der Waals surface area contributed by atoms with Gasteiger partial charge in [0, 0.05) is 73.6 Å². The summed E-state index contributed by atoms with van der Waals surface area (Å²) >= 11 is 0. The quantitative estimate of drug-likeness (QED) is 0.0417. The molecule has 0 unspecified atom stereocenters. The first-order valence-electron chi connectivity index (χ1n) is 27.7. The Balaban J connectivity index is 0.000000269. The van der Waals surface area contributed by atoms with Crippen LogP contribution >= 0.6 is 0 Å². The Morgan fingerprint density at radius 1 is 0.615 bits per heavy atom. The molecule has 4 aromatic rings. The standard InChI is InChI=1S/C33H49N3O9S.C26H38N2O3S/c1-5-7-14-33(15-8-6-2)19-46(43,44)25-13-12-22(36(3)4)17-23(25)26(30(33)41)20-10-9-11-21(16-20)34-32(42)35-31-29(40)28(39)27(38)24(18-37)45-31;1-5-7-14-26(15-8-6-2)18-32(30,31)23-13-12-21(28(3)4)17-22(23)24(25(26)29)19-10-9-11-20(27)16-19/h9-13,16-17,24,26-31,37-41H,5-8,14-15,18-19H2,1-4H3,(H2,34,35,42);9-13,16-17,24-25,29H,5-8,14-15,18,27H2,1-4H3/t24-,26-,27-,28+,29-,30-,31-;24-,25-/m11/s1. The van der Waals surface area contributed by atoms with Gasteiger partial charge >= 0.3 is 6.03 Å². The second-order valence-corrected chi connectivity index (χ2v) is 26.3. The fourth-order valence-electron chi connectivity index (χ4n) is 11.9. The highest BCUT2D eigenvalue weighted by Crippen LogP contribution is 2.52. The maximum absolute atomic E-state index is 14.1. The minimum atomic E-state index is -3.78. The van der Waals surface area contributed by atoms with Crippen LogP contribution in [0.4, 0.5) is 27.5 Å². The third-order valence-corrected chi connectivity index (χ3v) is 20.2. The number of anilines is 4. The van der Waals surface area contributed by atoms with Gasteiger partial charge in [0.2, 0.25) is 0 Å². The van der Waals surface area contributed by atoms with Crippen LogP contribution in [0.25, 0.3) is 0 Å². The molecule has 3 heterocycles. The molecule has 432 valence electrons. The Hall–Kier alpha value is -4.83. The second-order valence-electron chi connectivity index (χ2n) is 22.4. The number of carbonyl (C=O) groups excluding carboxylic acids is 1. The van der Waals surface area contributed by atoms with Crippen molar-refractivity contribution >= 4 is 48.5 Å². The Kier molecular flexibility index (Phi) is 21.3. The third-order valence-electron chi connectivity index (χ3n) is 16.3. The molecule has 3 aliphatic heterocycles. The van der Waals surface area contributed by atoms with Gasteiger partial charge in [-0.2, -0.15) is 0 Å². The van der Waals surface area contributed by atoms with E-state index in [1.54, 1.807) is 36.4 Å². The van der Waals surface area contributed by atoms with Crippen LogP contribution < -0.4 is 26.2 Å². The van der Waals surface area contributed by atoms with Gasteiger partial charge in [0.25, 0.3) is 0 Å². The molecule has 0 bridgehead atoms. The third kappa shape index (κ3) is 13.8. The van der Waals surface area contributed by atoms with E-state index in [-0.39, 0.29) is 16.4 Å². The van der Waals surface area contributed by atoms with Crippen molar-refractivity contribution in [1.82, 2.24) is 5.32 Å². The number of sulfone groups is 2. The Bertz CT molecular complexity index is 2850. The molecule has 4 aromatic carbocycles. The van der Waals surface area contributed by atoms with Crippen molar-refractivity contribution in [2.75, 3.05) is 67.2 Å². The number of fused-ring (bicyclic) bond motifs is 2. The second kappa shape index (κ2) is 26.6. The molecule has 0 aliphatic carbocycles. The molecule has 2 amide bonds. The number of nitrogens with two attached hydrogens (primary N) is 1. The molecule has 0 spiro atoms. The average Bonchev–Trinajstić information content (AvgIpc) is 3.71. The normalized spacial score (nSPS) is 25.6. The summed E-state index contributed by atoms with van der Waals surface area (Å²) in [6, 6.07) is 24.3. The van der Waals surface area contributed by atoms with E-state index in [2.05, 4.69) is 24.5 Å². The number of nitrogens with zero attached hydrogens (tertiary/aromatic N) is 2. The van der Waals surface area contributed by atoms with Gasteiger partial charge in [0.15, 0.2) is 25.9 Å². The van der Waals surface area contributed by atoms with E-state index in [0.29, 0.717) is 58.6 Å². The zero-order valence-electron chi connectivity index (χ0n) is 46.8. The maximum Gasteiger partial charge on any atom is 0.321 e. The van der Waals surface area contributed by atoms with Crippen molar-refractivity contribution in [1.29, 1.82) is 0 Å². The summed E-state index contributed by atoms with van der Waals surface area (Å²) in [5.74, 6) is -1.37. The lowest BCUT2D eigenvalue weighted by atomic mass is 9.68. The lowest BCUT2D eigenvalue weighted by molar-refractivity contribution is -0.233. The molecular weight excluding hydrogens is 1030 g/mol. The highest BCUT2D eigenvalue weighted by Gasteiger charge is 2.51. The maximum atomic E-state index is 14.1. The Morgan fingerprint density at radius 3 is 1.46 bits per heavy atom. The highest BCUT2D eigenvalue weighted by molar-refractivity contribution is 7.91. The Morgan fingerprint density at radius 2 is 1.05 bits per heavy atom. The van der Waals surface area contributed by atoms with Gasteiger partial charge in [-0.05, 0) is 109 Å². The molecule has 10 N–H and O–H groups in total. The first-order valence-corrected chi connectivity index (χ1v) is 31.0. The number of carbonyl (C=O) groups is 1. The van der Waals surface area contributed by atoms with E-state index >= 15 is 0 Å². The SMILES string of the molecule is CCCCC1(CCCC)CS(=O)(=O)c2ccc(N(C)C)cc2[C@@H](c2cccc(N)c2)[C@H]1O.CCCCC1(CCCC)CS(=O)(=O)c2ccc(N(C)C)cc2[C@@H](c2cccc(NC(=O)N[C@@H]3O[C@H](CO)[C@@H](O)[C@H](O)[C@H]3O)c2)[C@H]1O. The lowest BCUT2D eigenvalue weighted by Gasteiger charge is -2.40. The number of unbranched alkanes of at least 4 members (excludes halogenated alkanes) is 4. The van der Waals surface area contributed by atoms with Crippen molar-refractivity contribution in [3.63, 3.8) is 0 Å². The number of ether oxygens (including phenoxy) is 1. The number of amides is 2. The van der Waals surface area contributed by atoms with Gasteiger partial charge in [0.1, 0.15) is 24.4 Å². The fraction of sp³-hybridized carbons (Fsp3) is 0.576. The van der Waals surface area contributed by atoms with Crippen LogP contribution in [-0.4, -0.2) is 143 Å². The summed E-state index contributed by atoms with van der Waals surface area (Å²) in [6.45, 7) is 7.68. The summed E-state index contributed by atoms with van der Waals surface area (Å²) < 4.78 is 61.1.